The Labute approximate surface area is 91.1 Å². The standard InChI is InChI=1S/C13H19NO/c1-10(8-14)11-3-2-4-12(7-11)13(9-15)5-6-13/h2-4,7,10,15H,5-6,8-9,14H2,1H3. The van der Waals surface area contributed by atoms with Gasteiger partial charge in [0.05, 0.1) is 6.61 Å². The average molecular weight is 205 g/mol. The molecule has 0 bridgehead atoms. The molecule has 1 saturated carbocycles. The highest BCUT2D eigenvalue weighted by Gasteiger charge is 2.43. The number of hydrogen-bond donors (Lipinski definition) is 2. The quantitative estimate of drug-likeness (QED) is 0.787. The Balaban J connectivity index is 2.27. The van der Waals surface area contributed by atoms with Crippen molar-refractivity contribution in [1.29, 1.82) is 0 Å². The monoisotopic (exact) mass is 205 g/mol. The molecule has 82 valence electrons. The molecule has 0 saturated heterocycles. The summed E-state index contributed by atoms with van der Waals surface area (Å²) in [6.45, 7) is 3.08. The van der Waals surface area contributed by atoms with Crippen LogP contribution in [0.1, 0.15) is 36.8 Å². The molecule has 0 amide bonds. The van der Waals surface area contributed by atoms with Crippen molar-refractivity contribution >= 4 is 0 Å². The van der Waals surface area contributed by atoms with E-state index in [2.05, 4.69) is 31.2 Å². The summed E-state index contributed by atoms with van der Waals surface area (Å²) in [6, 6.07) is 8.53. The second-order valence-corrected chi connectivity index (χ2v) is 4.70. The minimum atomic E-state index is 0.0737. The van der Waals surface area contributed by atoms with E-state index in [1.54, 1.807) is 0 Å². The van der Waals surface area contributed by atoms with Crippen molar-refractivity contribution in [3.8, 4) is 0 Å². The second-order valence-electron chi connectivity index (χ2n) is 4.70. The molecule has 2 rings (SSSR count). The summed E-state index contributed by atoms with van der Waals surface area (Å²) >= 11 is 0. The molecule has 0 spiro atoms. The van der Waals surface area contributed by atoms with Gasteiger partial charge in [-0.2, -0.15) is 0 Å². The van der Waals surface area contributed by atoms with Crippen molar-refractivity contribution in [2.75, 3.05) is 13.2 Å². The number of aliphatic hydroxyl groups excluding tert-OH is 1. The molecule has 15 heavy (non-hydrogen) atoms. The molecule has 0 aromatic heterocycles. The molecule has 1 aromatic carbocycles. The minimum absolute atomic E-state index is 0.0737. The first-order valence-electron chi connectivity index (χ1n) is 5.63. The Morgan fingerprint density at radius 3 is 2.73 bits per heavy atom. The van der Waals surface area contributed by atoms with Crippen LogP contribution in [-0.4, -0.2) is 18.3 Å². The fourth-order valence-corrected chi connectivity index (χ4v) is 2.00. The lowest BCUT2D eigenvalue weighted by Crippen LogP contribution is -2.14. The topological polar surface area (TPSA) is 46.2 Å². The molecular weight excluding hydrogens is 186 g/mol. The van der Waals surface area contributed by atoms with Crippen LogP contribution in [0.2, 0.25) is 0 Å². The minimum Gasteiger partial charge on any atom is -0.395 e. The van der Waals surface area contributed by atoms with Gasteiger partial charge in [-0.3, -0.25) is 0 Å². The maximum Gasteiger partial charge on any atom is 0.0527 e. The number of aliphatic hydroxyl groups is 1. The number of hydrogen-bond acceptors (Lipinski definition) is 2. The van der Waals surface area contributed by atoms with E-state index in [0.717, 1.165) is 12.8 Å². The molecule has 0 heterocycles. The third-order valence-electron chi connectivity index (χ3n) is 3.58. The highest BCUT2D eigenvalue weighted by Crippen LogP contribution is 2.47. The van der Waals surface area contributed by atoms with Crippen LogP contribution in [-0.2, 0) is 5.41 Å². The molecule has 3 N–H and O–H groups in total. The predicted molar refractivity (Wildman–Crippen MR) is 61.9 cm³/mol. The van der Waals surface area contributed by atoms with Crippen LogP contribution in [0.15, 0.2) is 24.3 Å². The molecule has 1 fully saturated rings. The first-order valence-corrected chi connectivity index (χ1v) is 5.63. The van der Waals surface area contributed by atoms with Gasteiger partial charge in [-0.1, -0.05) is 31.2 Å². The third-order valence-corrected chi connectivity index (χ3v) is 3.58. The molecule has 1 atom stereocenters. The van der Waals surface area contributed by atoms with Crippen LogP contribution in [0.5, 0.6) is 0 Å². The first-order chi connectivity index (χ1) is 7.22. The van der Waals surface area contributed by atoms with Crippen LogP contribution in [0, 0.1) is 0 Å². The average Bonchev–Trinajstić information content (AvgIpc) is 3.09. The van der Waals surface area contributed by atoms with Crippen molar-refractivity contribution in [2.45, 2.75) is 31.1 Å². The summed E-state index contributed by atoms with van der Waals surface area (Å²) in [5, 5.41) is 9.37. The zero-order valence-electron chi connectivity index (χ0n) is 9.24. The van der Waals surface area contributed by atoms with Crippen LogP contribution < -0.4 is 5.73 Å². The summed E-state index contributed by atoms with van der Waals surface area (Å²) in [5.41, 5.74) is 8.30. The van der Waals surface area contributed by atoms with Gasteiger partial charge in [-0.05, 0) is 36.4 Å². The Morgan fingerprint density at radius 2 is 2.20 bits per heavy atom. The summed E-state index contributed by atoms with van der Waals surface area (Å²) < 4.78 is 0. The fraction of sp³-hybridized carbons (Fsp3) is 0.538. The number of rotatable bonds is 4. The SMILES string of the molecule is CC(CN)c1cccc(C2(CO)CC2)c1. The molecule has 1 aliphatic rings. The number of benzene rings is 1. The summed E-state index contributed by atoms with van der Waals surface area (Å²) in [5.74, 6) is 0.402. The van der Waals surface area contributed by atoms with Crippen molar-refractivity contribution < 1.29 is 5.11 Å². The van der Waals surface area contributed by atoms with Crippen molar-refractivity contribution in [3.63, 3.8) is 0 Å². The largest absolute Gasteiger partial charge is 0.395 e. The Bertz CT molecular complexity index is 344. The molecule has 1 aliphatic carbocycles. The first kappa shape index (κ1) is 10.7. The molecule has 2 nitrogen and oxygen atoms in total. The van der Waals surface area contributed by atoms with Gasteiger partial charge in [-0.25, -0.2) is 0 Å². The normalized spacial score (nSPS) is 19.9. The van der Waals surface area contributed by atoms with E-state index in [4.69, 9.17) is 5.73 Å². The second kappa shape index (κ2) is 3.95. The van der Waals surface area contributed by atoms with Crippen LogP contribution in [0.4, 0.5) is 0 Å². The zero-order valence-corrected chi connectivity index (χ0v) is 9.24. The van der Waals surface area contributed by atoms with Gasteiger partial charge < -0.3 is 10.8 Å². The van der Waals surface area contributed by atoms with E-state index in [0.29, 0.717) is 12.5 Å². The molecule has 2 heteroatoms. The lowest BCUT2D eigenvalue weighted by molar-refractivity contribution is 0.255. The van der Waals surface area contributed by atoms with E-state index in [1.807, 2.05) is 0 Å². The van der Waals surface area contributed by atoms with Crippen molar-refractivity contribution in [3.05, 3.63) is 35.4 Å². The van der Waals surface area contributed by atoms with E-state index in [1.165, 1.54) is 11.1 Å². The van der Waals surface area contributed by atoms with E-state index in [-0.39, 0.29) is 12.0 Å². The van der Waals surface area contributed by atoms with Gasteiger partial charge in [0, 0.05) is 5.41 Å². The van der Waals surface area contributed by atoms with Crippen LogP contribution >= 0.6 is 0 Å². The highest BCUT2D eigenvalue weighted by molar-refractivity contribution is 5.36. The van der Waals surface area contributed by atoms with Gasteiger partial charge in [0.25, 0.3) is 0 Å². The Morgan fingerprint density at radius 1 is 1.47 bits per heavy atom. The molecule has 0 aliphatic heterocycles. The molecular formula is C13H19NO. The van der Waals surface area contributed by atoms with Crippen LogP contribution in [0.25, 0.3) is 0 Å². The van der Waals surface area contributed by atoms with Gasteiger partial charge in [0.15, 0.2) is 0 Å². The van der Waals surface area contributed by atoms with Gasteiger partial charge in [0.1, 0.15) is 0 Å². The summed E-state index contributed by atoms with van der Waals surface area (Å²) in [6.07, 6.45) is 2.23. The van der Waals surface area contributed by atoms with Gasteiger partial charge in [-0.15, -0.1) is 0 Å². The highest BCUT2D eigenvalue weighted by atomic mass is 16.3. The van der Waals surface area contributed by atoms with E-state index in [9.17, 15) is 5.11 Å². The molecule has 0 radical (unpaired) electrons. The molecule has 1 unspecified atom stereocenters. The fourth-order valence-electron chi connectivity index (χ4n) is 2.00. The van der Waals surface area contributed by atoms with Gasteiger partial charge >= 0.3 is 0 Å². The Hall–Kier alpha value is -0.860. The number of nitrogens with two attached hydrogens (primary N) is 1. The van der Waals surface area contributed by atoms with Crippen molar-refractivity contribution in [2.24, 2.45) is 5.73 Å². The van der Waals surface area contributed by atoms with Crippen molar-refractivity contribution in [1.82, 2.24) is 0 Å². The maximum atomic E-state index is 9.37. The van der Waals surface area contributed by atoms with Crippen LogP contribution in [0.3, 0.4) is 0 Å². The van der Waals surface area contributed by atoms with Gasteiger partial charge in [0.2, 0.25) is 0 Å². The maximum absolute atomic E-state index is 9.37. The lowest BCUT2D eigenvalue weighted by atomic mass is 9.92. The third kappa shape index (κ3) is 1.92. The Kier molecular flexibility index (Phi) is 2.81. The lowest BCUT2D eigenvalue weighted by Gasteiger charge is -2.15. The summed E-state index contributed by atoms with van der Waals surface area (Å²) in [4.78, 5) is 0. The van der Waals surface area contributed by atoms with E-state index < -0.39 is 0 Å². The summed E-state index contributed by atoms with van der Waals surface area (Å²) in [7, 11) is 0. The molecule has 1 aromatic rings. The zero-order chi connectivity index (χ0) is 10.9. The smallest absolute Gasteiger partial charge is 0.0527 e. The predicted octanol–water partition coefficient (Wildman–Crippen LogP) is 1.77. The van der Waals surface area contributed by atoms with E-state index >= 15 is 0 Å².